The zero-order valence-electron chi connectivity index (χ0n) is 11.9. The van der Waals surface area contributed by atoms with Crippen molar-refractivity contribution in [2.45, 2.75) is 39.7 Å². The van der Waals surface area contributed by atoms with Gasteiger partial charge >= 0.3 is 0 Å². The maximum Gasteiger partial charge on any atom is 0.142 e. The summed E-state index contributed by atoms with van der Waals surface area (Å²) in [7, 11) is 0. The molecule has 0 radical (unpaired) electrons. The SMILES string of the molecule is CCC1(C)CCN(Cc2cccnc2C(=N)N)CC1. The first-order chi connectivity index (χ1) is 9.04. The van der Waals surface area contributed by atoms with E-state index in [0.717, 1.165) is 25.2 Å². The quantitative estimate of drug-likeness (QED) is 0.645. The van der Waals surface area contributed by atoms with Gasteiger partial charge in [0.05, 0.1) is 0 Å². The lowest BCUT2D eigenvalue weighted by Crippen LogP contribution is -2.38. The first kappa shape index (κ1) is 14.0. The minimum atomic E-state index is 0.0611. The van der Waals surface area contributed by atoms with E-state index in [9.17, 15) is 0 Å². The Bertz CT molecular complexity index is 447. The molecule has 1 aliphatic rings. The third-order valence-electron chi connectivity index (χ3n) is 4.46. The average Bonchev–Trinajstić information content (AvgIpc) is 2.42. The van der Waals surface area contributed by atoms with Crippen LogP contribution in [0.3, 0.4) is 0 Å². The summed E-state index contributed by atoms with van der Waals surface area (Å²) < 4.78 is 0. The highest BCUT2D eigenvalue weighted by atomic mass is 15.1. The smallest absolute Gasteiger partial charge is 0.142 e. The van der Waals surface area contributed by atoms with Crippen LogP contribution in [0.25, 0.3) is 0 Å². The van der Waals surface area contributed by atoms with Crippen molar-refractivity contribution >= 4 is 5.84 Å². The minimum absolute atomic E-state index is 0.0611. The molecule has 19 heavy (non-hydrogen) atoms. The van der Waals surface area contributed by atoms with E-state index >= 15 is 0 Å². The van der Waals surface area contributed by atoms with Crippen LogP contribution in [0, 0.1) is 10.8 Å². The molecule has 0 amide bonds. The zero-order valence-corrected chi connectivity index (χ0v) is 11.9. The number of hydrogen-bond donors (Lipinski definition) is 2. The highest BCUT2D eigenvalue weighted by Gasteiger charge is 2.28. The van der Waals surface area contributed by atoms with Crippen molar-refractivity contribution in [3.05, 3.63) is 29.6 Å². The van der Waals surface area contributed by atoms with Gasteiger partial charge in [-0.1, -0.05) is 26.3 Å². The van der Waals surface area contributed by atoms with Crippen molar-refractivity contribution in [3.8, 4) is 0 Å². The lowest BCUT2D eigenvalue weighted by Gasteiger charge is -2.39. The number of pyridine rings is 1. The molecule has 0 aromatic carbocycles. The molecule has 4 heteroatoms. The second-order valence-electron chi connectivity index (χ2n) is 5.87. The van der Waals surface area contributed by atoms with Gasteiger partial charge in [-0.15, -0.1) is 0 Å². The van der Waals surface area contributed by atoms with E-state index in [1.54, 1.807) is 6.20 Å². The van der Waals surface area contributed by atoms with Crippen molar-refractivity contribution < 1.29 is 0 Å². The lowest BCUT2D eigenvalue weighted by atomic mass is 9.78. The molecule has 0 bridgehead atoms. The summed E-state index contributed by atoms with van der Waals surface area (Å²) in [4.78, 5) is 6.66. The Kier molecular flexibility index (Phi) is 4.20. The number of hydrogen-bond acceptors (Lipinski definition) is 3. The van der Waals surface area contributed by atoms with Gasteiger partial charge in [-0.05, 0) is 43.0 Å². The van der Waals surface area contributed by atoms with E-state index in [4.69, 9.17) is 11.1 Å². The number of nitrogens with zero attached hydrogens (tertiary/aromatic N) is 2. The van der Waals surface area contributed by atoms with Crippen LogP contribution in [0.1, 0.15) is 44.4 Å². The normalized spacial score (nSPS) is 19.3. The number of nitrogens with one attached hydrogen (secondary N) is 1. The molecule has 2 heterocycles. The first-order valence-electron chi connectivity index (χ1n) is 7.05. The number of nitrogen functional groups attached to an aromatic ring is 1. The number of likely N-dealkylation sites (tertiary alicyclic amines) is 1. The lowest BCUT2D eigenvalue weighted by molar-refractivity contribution is 0.109. The van der Waals surface area contributed by atoms with Crippen molar-refractivity contribution in [3.63, 3.8) is 0 Å². The average molecular weight is 260 g/mol. The Morgan fingerprint density at radius 2 is 2.16 bits per heavy atom. The molecular weight excluding hydrogens is 236 g/mol. The van der Waals surface area contributed by atoms with Gasteiger partial charge in [0.2, 0.25) is 0 Å². The van der Waals surface area contributed by atoms with Crippen LogP contribution >= 0.6 is 0 Å². The third kappa shape index (κ3) is 3.32. The first-order valence-corrected chi connectivity index (χ1v) is 7.05. The van der Waals surface area contributed by atoms with E-state index in [-0.39, 0.29) is 5.84 Å². The Morgan fingerprint density at radius 3 is 2.74 bits per heavy atom. The monoisotopic (exact) mass is 260 g/mol. The van der Waals surface area contributed by atoms with Gasteiger partial charge in [-0.2, -0.15) is 0 Å². The molecule has 1 fully saturated rings. The molecular formula is C15H24N4. The summed E-state index contributed by atoms with van der Waals surface area (Å²) in [5.74, 6) is 0.0611. The highest BCUT2D eigenvalue weighted by molar-refractivity contribution is 5.94. The van der Waals surface area contributed by atoms with Gasteiger partial charge in [-0.25, -0.2) is 0 Å². The Balaban J connectivity index is 2.02. The fourth-order valence-electron chi connectivity index (χ4n) is 2.65. The summed E-state index contributed by atoms with van der Waals surface area (Å²) in [6, 6.07) is 3.94. The van der Waals surface area contributed by atoms with E-state index in [1.165, 1.54) is 19.3 Å². The zero-order chi connectivity index (χ0) is 13.9. The molecule has 0 aliphatic carbocycles. The molecule has 0 unspecified atom stereocenters. The molecule has 104 valence electrons. The van der Waals surface area contributed by atoms with Crippen LogP contribution in [-0.2, 0) is 6.54 Å². The van der Waals surface area contributed by atoms with Crippen LogP contribution in [0.4, 0.5) is 0 Å². The van der Waals surface area contributed by atoms with Crippen molar-refractivity contribution in [1.29, 1.82) is 5.41 Å². The van der Waals surface area contributed by atoms with Gasteiger partial charge < -0.3 is 5.73 Å². The molecule has 1 aliphatic heterocycles. The second-order valence-corrected chi connectivity index (χ2v) is 5.87. The van der Waals surface area contributed by atoms with Crippen LogP contribution < -0.4 is 5.73 Å². The predicted octanol–water partition coefficient (Wildman–Crippen LogP) is 2.38. The predicted molar refractivity (Wildman–Crippen MR) is 78.2 cm³/mol. The maximum absolute atomic E-state index is 7.58. The van der Waals surface area contributed by atoms with E-state index < -0.39 is 0 Å². The number of aromatic nitrogens is 1. The van der Waals surface area contributed by atoms with Crippen LogP contribution in [-0.4, -0.2) is 28.8 Å². The topological polar surface area (TPSA) is 66.0 Å². The maximum atomic E-state index is 7.58. The van der Waals surface area contributed by atoms with Gasteiger partial charge in [0.1, 0.15) is 11.5 Å². The molecule has 1 saturated heterocycles. The van der Waals surface area contributed by atoms with Crippen LogP contribution in [0.15, 0.2) is 18.3 Å². The van der Waals surface area contributed by atoms with Crippen molar-refractivity contribution in [1.82, 2.24) is 9.88 Å². The summed E-state index contributed by atoms with van der Waals surface area (Å²) in [5, 5.41) is 7.58. The van der Waals surface area contributed by atoms with Gasteiger partial charge in [0, 0.05) is 12.7 Å². The number of rotatable bonds is 4. The van der Waals surface area contributed by atoms with E-state index in [1.807, 2.05) is 12.1 Å². The standard InChI is InChI=1S/C15H24N4/c1-3-15(2)6-9-19(10-7-15)11-12-5-4-8-18-13(12)14(16)17/h4-5,8H,3,6-7,9-11H2,1-2H3,(H3,16,17). The van der Waals surface area contributed by atoms with Gasteiger partial charge in [0.15, 0.2) is 0 Å². The number of amidine groups is 1. The molecule has 2 rings (SSSR count). The summed E-state index contributed by atoms with van der Waals surface area (Å²) in [6.07, 6.45) is 5.45. The Labute approximate surface area is 115 Å². The van der Waals surface area contributed by atoms with E-state index in [2.05, 4.69) is 23.7 Å². The molecule has 0 atom stereocenters. The van der Waals surface area contributed by atoms with Crippen molar-refractivity contribution in [2.24, 2.45) is 11.1 Å². The molecule has 4 nitrogen and oxygen atoms in total. The van der Waals surface area contributed by atoms with Gasteiger partial charge in [0.25, 0.3) is 0 Å². The molecule has 0 spiro atoms. The van der Waals surface area contributed by atoms with E-state index in [0.29, 0.717) is 11.1 Å². The minimum Gasteiger partial charge on any atom is -0.382 e. The summed E-state index contributed by atoms with van der Waals surface area (Å²) in [6.45, 7) is 7.76. The third-order valence-corrected chi connectivity index (χ3v) is 4.46. The summed E-state index contributed by atoms with van der Waals surface area (Å²) >= 11 is 0. The number of nitrogens with two attached hydrogens (primary N) is 1. The second kappa shape index (κ2) is 5.70. The van der Waals surface area contributed by atoms with Crippen molar-refractivity contribution in [2.75, 3.05) is 13.1 Å². The molecule has 3 N–H and O–H groups in total. The molecule has 1 aromatic rings. The Hall–Kier alpha value is -1.42. The fourth-order valence-corrected chi connectivity index (χ4v) is 2.65. The molecule has 1 aromatic heterocycles. The summed E-state index contributed by atoms with van der Waals surface area (Å²) in [5.41, 5.74) is 7.79. The molecule has 0 saturated carbocycles. The fraction of sp³-hybridized carbons (Fsp3) is 0.600. The van der Waals surface area contributed by atoms with Crippen LogP contribution in [0.2, 0.25) is 0 Å². The largest absolute Gasteiger partial charge is 0.382 e. The van der Waals surface area contributed by atoms with Gasteiger partial charge in [-0.3, -0.25) is 15.3 Å². The van der Waals surface area contributed by atoms with Crippen LogP contribution in [0.5, 0.6) is 0 Å². The highest BCUT2D eigenvalue weighted by Crippen LogP contribution is 2.34. The number of piperidine rings is 1. The Morgan fingerprint density at radius 1 is 1.47 bits per heavy atom.